The maximum absolute atomic E-state index is 14.6. The first-order valence-electron chi connectivity index (χ1n) is 22.6. The molecule has 9 unspecified atom stereocenters. The number of methoxy groups -OCH3 is 1. The maximum atomic E-state index is 14.6. The van der Waals surface area contributed by atoms with Crippen molar-refractivity contribution in [2.75, 3.05) is 38.6 Å². The fourth-order valence-electron chi connectivity index (χ4n) is 9.13. The summed E-state index contributed by atoms with van der Waals surface area (Å²) in [5, 5.41) is 67.0. The normalized spacial score (nSPS) is 28.6. The smallest absolute Gasteiger partial charge is 0.416 e. The van der Waals surface area contributed by atoms with Gasteiger partial charge < -0.3 is 49.8 Å². The van der Waals surface area contributed by atoms with Crippen LogP contribution in [0.25, 0.3) is 10.8 Å². The second-order valence-electron chi connectivity index (χ2n) is 18.3. The summed E-state index contributed by atoms with van der Waals surface area (Å²) < 4.78 is 63.8. The van der Waals surface area contributed by atoms with Gasteiger partial charge in [0.1, 0.15) is 23.4 Å². The molecule has 6 N–H and O–H groups in total. The Kier molecular flexibility index (Phi) is 15.8. The molecule has 7 rings (SSSR count). The van der Waals surface area contributed by atoms with Gasteiger partial charge in [-0.05, 0) is 31.6 Å². The maximum Gasteiger partial charge on any atom is 0.416 e. The molecule has 374 valence electrons. The predicted octanol–water partition coefficient (Wildman–Crippen LogP) is 6.92. The predicted molar refractivity (Wildman–Crippen MR) is 250 cm³/mol. The summed E-state index contributed by atoms with van der Waals surface area (Å²) in [4.78, 5) is 42.8. The van der Waals surface area contributed by atoms with Crippen LogP contribution in [0.4, 0.5) is 18.9 Å². The van der Waals surface area contributed by atoms with Crippen LogP contribution in [-0.2, 0) is 36.5 Å². The molecule has 4 aliphatic heterocycles. The topological polar surface area (TPSA) is 220 Å². The molecule has 1 saturated heterocycles. The number of aliphatic hydroxyl groups is 2. The number of carbonyl (C=O) groups is 3. The number of halogens is 3. The lowest BCUT2D eigenvalue weighted by Crippen LogP contribution is -2.46. The van der Waals surface area contributed by atoms with Gasteiger partial charge in [-0.25, -0.2) is 0 Å². The van der Waals surface area contributed by atoms with Crippen molar-refractivity contribution < 1.29 is 72.0 Å². The fourth-order valence-corrected chi connectivity index (χ4v) is 9.13. The molecule has 1 fully saturated rings. The number of hydrazone groups is 1. The number of esters is 1. The number of allylic oxidation sites excluding steroid dienone is 2. The summed E-state index contributed by atoms with van der Waals surface area (Å²) in [5.41, 5.74) is -1.02. The minimum atomic E-state index is -4.48. The molecule has 19 heteroatoms. The van der Waals surface area contributed by atoms with Gasteiger partial charge in [-0.3, -0.25) is 24.3 Å². The summed E-state index contributed by atoms with van der Waals surface area (Å²) in [6.45, 7) is 13.9. The Morgan fingerprint density at radius 3 is 2.28 bits per heavy atom. The number of anilines is 1. The average Bonchev–Trinajstić information content (AvgIpc) is 3.57. The Morgan fingerprint density at radius 2 is 1.64 bits per heavy atom. The number of ketones is 1. The molecule has 0 radical (unpaired) electrons. The Hall–Kier alpha value is -6.15. The number of benzene rings is 3. The third kappa shape index (κ3) is 10.9. The first-order valence-corrected chi connectivity index (χ1v) is 22.6. The molecule has 0 saturated carbocycles. The van der Waals surface area contributed by atoms with Gasteiger partial charge in [0.15, 0.2) is 5.75 Å². The fraction of sp³-hybridized carbons (Fsp3) is 0.480. The summed E-state index contributed by atoms with van der Waals surface area (Å²) >= 11 is 0. The number of nitrogens with zero attached hydrogens (tertiary/aromatic N) is 3. The van der Waals surface area contributed by atoms with E-state index in [1.165, 1.54) is 59.2 Å². The van der Waals surface area contributed by atoms with Crippen molar-refractivity contribution >= 4 is 40.3 Å². The number of ether oxygens (including phenoxy) is 4. The van der Waals surface area contributed by atoms with Crippen LogP contribution in [0.1, 0.15) is 81.1 Å². The van der Waals surface area contributed by atoms with Crippen LogP contribution >= 0.6 is 0 Å². The number of alkyl halides is 3. The summed E-state index contributed by atoms with van der Waals surface area (Å²) in [6, 6.07) is 5.11. The van der Waals surface area contributed by atoms with E-state index in [9.17, 15) is 53.1 Å². The van der Waals surface area contributed by atoms with Gasteiger partial charge in [0.25, 0.3) is 11.7 Å². The summed E-state index contributed by atoms with van der Waals surface area (Å²) in [7, 11) is 1.41. The highest BCUT2D eigenvalue weighted by molar-refractivity contribution is 6.23. The monoisotopic (exact) mass is 966 g/mol. The summed E-state index contributed by atoms with van der Waals surface area (Å²) in [6.07, 6.45) is -0.100. The molecular weight excluding hydrogens is 906 g/mol. The van der Waals surface area contributed by atoms with E-state index >= 15 is 0 Å². The lowest BCUT2D eigenvalue weighted by Gasteiger charge is -2.38. The summed E-state index contributed by atoms with van der Waals surface area (Å²) in [5.74, 6) is -9.08. The number of phenolic OH excluding ortho intramolecular Hbond substituents is 3. The van der Waals surface area contributed by atoms with Crippen LogP contribution < -0.4 is 10.1 Å². The SMILES string of the molecule is COC1/C=C/OC2(C)Oc3c(C)c(O)c4c(O)c(c(/C=N/N5CCN(Cc6cccc(C(F)(F)F)c6)CC5)c(O)c4c3C2=O)NC(=O)C(C)=C/C=C/C(C)C(O)C(C)C(O)C(C)C(OC(C)=O)C1C. The molecule has 16 nitrogen and oxygen atoms in total. The molecule has 1 amide bonds. The number of Topliss-reactive ketones (excluding diaryl/α,β-unsaturated/α-hetero) is 1. The molecule has 69 heavy (non-hydrogen) atoms. The highest BCUT2D eigenvalue weighted by atomic mass is 19.4. The number of amides is 1. The van der Waals surface area contributed by atoms with E-state index in [1.54, 1.807) is 50.9 Å². The molecule has 3 aromatic carbocycles. The third-order valence-corrected chi connectivity index (χ3v) is 13.4. The molecule has 0 aromatic heterocycles. The molecule has 4 heterocycles. The highest BCUT2D eigenvalue weighted by Gasteiger charge is 2.50. The number of hydrogen-bond acceptors (Lipinski definition) is 15. The van der Waals surface area contributed by atoms with Gasteiger partial charge in [-0.15, -0.1) is 0 Å². The van der Waals surface area contributed by atoms with Gasteiger partial charge in [0.05, 0.1) is 58.6 Å². The zero-order chi connectivity index (χ0) is 50.9. The Balaban J connectivity index is 1.43. The van der Waals surface area contributed by atoms with Gasteiger partial charge in [-0.1, -0.05) is 64.1 Å². The number of aliphatic hydroxyl groups excluding tert-OH is 2. The van der Waals surface area contributed by atoms with Gasteiger partial charge >= 0.3 is 17.9 Å². The van der Waals surface area contributed by atoms with Gasteiger partial charge in [0, 0.05) is 93.9 Å². The number of nitrogens with one attached hydrogen (secondary N) is 1. The first-order chi connectivity index (χ1) is 32.4. The van der Waals surface area contributed by atoms with E-state index in [0.29, 0.717) is 31.7 Å². The molecule has 0 spiro atoms. The number of piperazine rings is 1. The van der Waals surface area contributed by atoms with Crippen molar-refractivity contribution in [3.8, 4) is 23.0 Å². The quantitative estimate of drug-likeness (QED) is 0.0639. The van der Waals surface area contributed by atoms with Crippen LogP contribution in [0.15, 0.2) is 65.5 Å². The largest absolute Gasteiger partial charge is 0.507 e. The van der Waals surface area contributed by atoms with E-state index in [-0.39, 0.29) is 51.0 Å². The van der Waals surface area contributed by atoms with Crippen molar-refractivity contribution in [3.05, 3.63) is 88.2 Å². The molecule has 0 aliphatic carbocycles. The van der Waals surface area contributed by atoms with E-state index < -0.39 is 101 Å². The van der Waals surface area contributed by atoms with E-state index in [4.69, 9.17) is 18.9 Å². The Morgan fingerprint density at radius 1 is 0.957 bits per heavy atom. The average molecular weight is 967 g/mol. The van der Waals surface area contributed by atoms with E-state index in [1.807, 2.05) is 4.90 Å². The van der Waals surface area contributed by atoms with E-state index in [2.05, 4.69) is 10.4 Å². The Labute approximate surface area is 398 Å². The highest BCUT2D eigenvalue weighted by Crippen LogP contribution is 2.55. The second-order valence-corrected chi connectivity index (χ2v) is 18.3. The third-order valence-electron chi connectivity index (χ3n) is 13.4. The molecule has 5 bridgehead atoms. The number of phenols is 3. The second kappa shape index (κ2) is 20.8. The van der Waals surface area contributed by atoms with E-state index in [0.717, 1.165) is 18.4 Å². The number of rotatable bonds is 6. The van der Waals surface area contributed by atoms with Crippen LogP contribution in [0.3, 0.4) is 0 Å². The minimum Gasteiger partial charge on any atom is -0.507 e. The molecule has 9 atom stereocenters. The van der Waals surface area contributed by atoms with Crippen molar-refractivity contribution in [2.45, 2.75) is 98.3 Å². The van der Waals surface area contributed by atoms with Crippen molar-refractivity contribution in [2.24, 2.45) is 28.8 Å². The number of hydrogen-bond donors (Lipinski definition) is 6. The lowest BCUT2D eigenvalue weighted by molar-refractivity contribution is -0.160. The molecular formula is C50H61F3N4O12. The lowest BCUT2D eigenvalue weighted by atomic mass is 9.78. The zero-order valence-corrected chi connectivity index (χ0v) is 40.0. The van der Waals surface area contributed by atoms with Crippen LogP contribution in [0.5, 0.6) is 23.0 Å². The van der Waals surface area contributed by atoms with Crippen molar-refractivity contribution in [3.63, 3.8) is 0 Å². The van der Waals surface area contributed by atoms with Crippen molar-refractivity contribution in [1.29, 1.82) is 0 Å². The van der Waals surface area contributed by atoms with Crippen LogP contribution in [0.2, 0.25) is 0 Å². The first kappa shape index (κ1) is 52.2. The number of fused-ring (bicyclic) bond motifs is 14. The van der Waals surface area contributed by atoms with Crippen LogP contribution in [-0.4, -0.2) is 123 Å². The van der Waals surface area contributed by atoms with Crippen LogP contribution in [0, 0.1) is 30.6 Å². The molecule has 3 aromatic rings. The molecule has 4 aliphatic rings. The Bertz CT molecular complexity index is 2570. The number of carbonyl (C=O) groups excluding carboxylic acids is 3. The minimum absolute atomic E-state index is 0.00372. The van der Waals surface area contributed by atoms with Gasteiger partial charge in [0.2, 0.25) is 0 Å². The standard InChI is InChI=1S/C50H61F3N4O12/c1-25-12-10-13-26(2)48(65)55-39-34(23-54-57-19-17-56(18-20-57)24-32-14-11-15-33(22-32)50(51,52)53)43(62)36-37(44(39)63)42(61)30(6)46-38(36)47(64)49(8,69-46)67-21-16-35(66-9)27(3)45(68-31(7)58)29(5)41(60)28(4)40(25)59/h10-16,21-23,25,27-29,35,40-41,45,59-63H,17-20,24H2,1-9H3,(H,55,65)/b12-10+,21-16+,26-13?,54-23+. The number of aromatic hydroxyl groups is 3. The van der Waals surface area contributed by atoms with Crippen molar-refractivity contribution in [1.82, 2.24) is 9.91 Å². The zero-order valence-electron chi connectivity index (χ0n) is 40.0. The van der Waals surface area contributed by atoms with Gasteiger partial charge in [-0.2, -0.15) is 18.3 Å².